The van der Waals surface area contributed by atoms with Gasteiger partial charge in [-0.25, -0.2) is 4.98 Å². The molecule has 0 radical (unpaired) electrons. The summed E-state index contributed by atoms with van der Waals surface area (Å²) in [6, 6.07) is 18.8. The van der Waals surface area contributed by atoms with Gasteiger partial charge in [-0.05, 0) is 50.3 Å². The van der Waals surface area contributed by atoms with Gasteiger partial charge in [-0.15, -0.1) is 0 Å². The van der Waals surface area contributed by atoms with Crippen LogP contribution in [0.3, 0.4) is 0 Å². The first-order valence-corrected chi connectivity index (χ1v) is 10.4. The number of rotatable bonds is 5. The van der Waals surface area contributed by atoms with Crippen LogP contribution in [0, 0.1) is 0 Å². The lowest BCUT2D eigenvalue weighted by atomic mass is 10.2. The second kappa shape index (κ2) is 7.33. The van der Waals surface area contributed by atoms with Crippen LogP contribution in [0.1, 0.15) is 25.2 Å². The zero-order chi connectivity index (χ0) is 21.5. The zero-order valence-electron chi connectivity index (χ0n) is 17.8. The van der Waals surface area contributed by atoms with Crippen molar-refractivity contribution in [2.45, 2.75) is 13.8 Å². The molecule has 0 atom stereocenters. The quantitative estimate of drug-likeness (QED) is 0.291. The summed E-state index contributed by atoms with van der Waals surface area (Å²) in [5.74, 6) is 0.844. The highest BCUT2D eigenvalue weighted by atomic mass is 15.3. The molecule has 5 aromatic rings. The fourth-order valence-corrected chi connectivity index (χ4v) is 4.43. The van der Waals surface area contributed by atoms with Crippen molar-refractivity contribution in [3.8, 4) is 5.69 Å². The van der Waals surface area contributed by atoms with Gasteiger partial charge < -0.3 is 0 Å². The van der Waals surface area contributed by atoms with E-state index in [0.29, 0.717) is 0 Å². The molecule has 31 heavy (non-hydrogen) atoms. The van der Waals surface area contributed by atoms with E-state index in [9.17, 15) is 0 Å². The first kappa shape index (κ1) is 18.9. The summed E-state index contributed by atoms with van der Waals surface area (Å²) in [4.78, 5) is 5.15. The molecule has 0 unspecified atom stereocenters. The number of fused-ring (bicyclic) bond motifs is 5. The lowest BCUT2D eigenvalue weighted by Gasteiger charge is -2.07. The van der Waals surface area contributed by atoms with Gasteiger partial charge in [0.15, 0.2) is 5.65 Å². The van der Waals surface area contributed by atoms with Crippen molar-refractivity contribution in [1.29, 1.82) is 0 Å². The monoisotopic (exact) mass is 404 g/mol. The maximum absolute atomic E-state index is 5.15. The molecule has 0 fully saturated rings. The van der Waals surface area contributed by atoms with Crippen molar-refractivity contribution in [3.63, 3.8) is 0 Å². The molecule has 0 amide bonds. The summed E-state index contributed by atoms with van der Waals surface area (Å²) >= 11 is 0. The molecule has 0 spiro atoms. The van der Waals surface area contributed by atoms with Crippen molar-refractivity contribution < 1.29 is 0 Å². The summed E-state index contributed by atoms with van der Waals surface area (Å²) in [6.07, 6.45) is 9.97. The number of nitrogens with zero attached hydrogens (tertiary/aromatic N) is 4. The third kappa shape index (κ3) is 2.58. The highest BCUT2D eigenvalue weighted by molar-refractivity contribution is 6.08. The third-order valence-corrected chi connectivity index (χ3v) is 5.68. The van der Waals surface area contributed by atoms with Crippen LogP contribution in [-0.2, 0) is 0 Å². The molecule has 0 aliphatic rings. The van der Waals surface area contributed by atoms with Gasteiger partial charge in [0, 0.05) is 16.8 Å². The van der Waals surface area contributed by atoms with Gasteiger partial charge in [0.1, 0.15) is 5.52 Å². The Bertz CT molecular complexity index is 1520. The molecule has 3 aromatic heterocycles. The SMILES string of the molecule is C=Cc1c(C=C)n2c(nc3c4ccccc4n(-c4ccccc4)c32)n1C(/C=C\C)=C/C. The molecule has 0 aliphatic heterocycles. The molecule has 0 aliphatic carbocycles. The predicted octanol–water partition coefficient (Wildman–Crippen LogP) is 6.96. The van der Waals surface area contributed by atoms with E-state index in [0.717, 1.165) is 50.6 Å². The minimum atomic E-state index is 0.844. The molecular formula is C27H24N4. The average Bonchev–Trinajstić information content (AvgIpc) is 3.43. The third-order valence-electron chi connectivity index (χ3n) is 5.68. The molecule has 152 valence electrons. The van der Waals surface area contributed by atoms with E-state index in [-0.39, 0.29) is 0 Å². The van der Waals surface area contributed by atoms with Crippen molar-refractivity contribution in [3.05, 3.63) is 97.4 Å². The van der Waals surface area contributed by atoms with E-state index >= 15 is 0 Å². The average molecular weight is 405 g/mol. The Morgan fingerprint density at radius 3 is 2.29 bits per heavy atom. The molecule has 0 N–H and O–H groups in total. The molecule has 2 aromatic carbocycles. The largest absolute Gasteiger partial charge is 0.294 e. The van der Waals surface area contributed by atoms with Gasteiger partial charge in [-0.3, -0.25) is 13.5 Å². The first-order valence-electron chi connectivity index (χ1n) is 10.4. The highest BCUT2D eigenvalue weighted by Crippen LogP contribution is 2.36. The Morgan fingerprint density at radius 1 is 0.903 bits per heavy atom. The van der Waals surface area contributed by atoms with Gasteiger partial charge in [0.25, 0.3) is 0 Å². The topological polar surface area (TPSA) is 27.2 Å². The van der Waals surface area contributed by atoms with Crippen LogP contribution in [0.25, 0.3) is 51.4 Å². The Hall–Kier alpha value is -4.05. The summed E-state index contributed by atoms with van der Waals surface area (Å²) in [5.41, 5.74) is 7.19. The lowest BCUT2D eigenvalue weighted by molar-refractivity contribution is 1.07. The van der Waals surface area contributed by atoms with Crippen LogP contribution in [0.15, 0.2) is 86.0 Å². The number of allylic oxidation sites excluding steroid dienone is 4. The molecule has 4 heteroatoms. The van der Waals surface area contributed by atoms with Gasteiger partial charge in [0.2, 0.25) is 5.78 Å². The number of imidazole rings is 2. The molecule has 0 bridgehead atoms. The van der Waals surface area contributed by atoms with E-state index < -0.39 is 0 Å². The summed E-state index contributed by atoms with van der Waals surface area (Å²) in [5, 5.41) is 1.12. The smallest absolute Gasteiger partial charge is 0.221 e. The normalized spacial score (nSPS) is 12.5. The Labute approximate surface area is 181 Å². The van der Waals surface area contributed by atoms with Crippen molar-refractivity contribution in [2.75, 3.05) is 0 Å². The minimum absolute atomic E-state index is 0.844. The number of aromatic nitrogens is 4. The van der Waals surface area contributed by atoms with Gasteiger partial charge in [0.05, 0.1) is 16.9 Å². The summed E-state index contributed by atoms with van der Waals surface area (Å²) in [7, 11) is 0. The van der Waals surface area contributed by atoms with E-state index in [1.54, 1.807) is 0 Å². The Balaban J connectivity index is 2.06. The number of para-hydroxylation sites is 2. The molecule has 5 rings (SSSR count). The van der Waals surface area contributed by atoms with Gasteiger partial charge >= 0.3 is 0 Å². The van der Waals surface area contributed by atoms with Crippen LogP contribution in [-0.4, -0.2) is 18.5 Å². The number of benzene rings is 2. The maximum Gasteiger partial charge on any atom is 0.221 e. The van der Waals surface area contributed by atoms with Crippen LogP contribution >= 0.6 is 0 Å². The zero-order valence-corrected chi connectivity index (χ0v) is 17.8. The Kier molecular flexibility index (Phi) is 4.48. The van der Waals surface area contributed by atoms with Crippen LogP contribution in [0.4, 0.5) is 0 Å². The molecule has 3 heterocycles. The van der Waals surface area contributed by atoms with Crippen molar-refractivity contribution >= 4 is 45.7 Å². The van der Waals surface area contributed by atoms with E-state index in [2.05, 4.69) is 87.4 Å². The van der Waals surface area contributed by atoms with Crippen molar-refractivity contribution in [2.24, 2.45) is 0 Å². The molecule has 0 saturated heterocycles. The minimum Gasteiger partial charge on any atom is -0.294 e. The first-order chi connectivity index (χ1) is 15.2. The van der Waals surface area contributed by atoms with Gasteiger partial charge in [-0.1, -0.05) is 61.7 Å². The fourth-order valence-electron chi connectivity index (χ4n) is 4.43. The predicted molar refractivity (Wildman–Crippen MR) is 132 cm³/mol. The van der Waals surface area contributed by atoms with Crippen molar-refractivity contribution in [1.82, 2.24) is 18.5 Å². The van der Waals surface area contributed by atoms with Crippen LogP contribution < -0.4 is 0 Å². The summed E-state index contributed by atoms with van der Waals surface area (Å²) < 4.78 is 6.62. The van der Waals surface area contributed by atoms with E-state index in [1.807, 2.05) is 38.1 Å². The van der Waals surface area contributed by atoms with Crippen LogP contribution in [0.5, 0.6) is 0 Å². The summed E-state index contributed by atoms with van der Waals surface area (Å²) in [6.45, 7) is 12.3. The second-order valence-electron chi connectivity index (χ2n) is 7.34. The highest BCUT2D eigenvalue weighted by Gasteiger charge is 2.24. The molecular weight excluding hydrogens is 380 g/mol. The van der Waals surface area contributed by atoms with Crippen LogP contribution in [0.2, 0.25) is 0 Å². The maximum atomic E-state index is 5.15. The van der Waals surface area contributed by atoms with E-state index in [1.165, 1.54) is 0 Å². The van der Waals surface area contributed by atoms with E-state index in [4.69, 9.17) is 4.98 Å². The standard InChI is InChI=1S/C27H24N4/c1-5-14-19(6-2)30-22(7-3)23(8-4)31-26-25(28-27(30)31)21-17-12-13-18-24(21)29(26)20-15-10-9-11-16-20/h5-18H,3-4H2,1-2H3/b14-5-,19-6+. The second-order valence-corrected chi connectivity index (χ2v) is 7.34. The molecule has 4 nitrogen and oxygen atoms in total. The fraction of sp³-hybridized carbons (Fsp3) is 0.0741. The molecule has 0 saturated carbocycles. The number of hydrogen-bond donors (Lipinski definition) is 0. The lowest BCUT2D eigenvalue weighted by Crippen LogP contribution is -1.98. The number of hydrogen-bond acceptors (Lipinski definition) is 1. The van der Waals surface area contributed by atoms with Gasteiger partial charge in [-0.2, -0.15) is 0 Å². The Morgan fingerprint density at radius 2 is 1.61 bits per heavy atom.